The van der Waals surface area contributed by atoms with Crippen molar-refractivity contribution in [3.63, 3.8) is 0 Å². The Morgan fingerprint density at radius 3 is 2.53 bits per heavy atom. The number of anilines is 1. The Labute approximate surface area is 97.7 Å². The van der Waals surface area contributed by atoms with Gasteiger partial charge < -0.3 is 4.74 Å². The molecule has 0 radical (unpaired) electrons. The predicted molar refractivity (Wildman–Crippen MR) is 58.0 cm³/mol. The van der Waals surface area contributed by atoms with Crippen LogP contribution < -0.4 is 5.32 Å². The lowest BCUT2D eigenvalue weighted by Gasteiger charge is -2.18. The molecule has 0 aliphatic rings. The van der Waals surface area contributed by atoms with Crippen molar-refractivity contribution in [1.29, 1.82) is 0 Å². The Bertz CT molecular complexity index is 410. The summed E-state index contributed by atoms with van der Waals surface area (Å²) >= 11 is 0. The standard InChI is InChI=1S/C10H15F2N3O2/c1-10(2,3)17-9(16)13-7-5-6(8(11)12)15(4)14-7/h5,8H,1-4H3,(H,13,14,16). The fourth-order valence-corrected chi connectivity index (χ4v) is 1.16. The minimum atomic E-state index is -2.64. The number of hydrogen-bond acceptors (Lipinski definition) is 3. The summed E-state index contributed by atoms with van der Waals surface area (Å²) in [5.74, 6) is 0.0389. The molecule has 1 aromatic heterocycles. The molecule has 17 heavy (non-hydrogen) atoms. The van der Waals surface area contributed by atoms with Crippen LogP contribution in [0, 0.1) is 0 Å². The number of halogens is 2. The van der Waals surface area contributed by atoms with E-state index in [1.165, 1.54) is 7.05 Å². The number of nitrogens with one attached hydrogen (secondary N) is 1. The lowest BCUT2D eigenvalue weighted by atomic mass is 10.2. The normalized spacial score (nSPS) is 11.7. The molecule has 1 rings (SSSR count). The van der Waals surface area contributed by atoms with Crippen LogP contribution in [0.3, 0.4) is 0 Å². The van der Waals surface area contributed by atoms with Gasteiger partial charge in [0.05, 0.1) is 0 Å². The fraction of sp³-hybridized carbons (Fsp3) is 0.600. The van der Waals surface area contributed by atoms with Crippen molar-refractivity contribution >= 4 is 11.9 Å². The average molecular weight is 247 g/mol. The SMILES string of the molecule is Cn1nc(NC(=O)OC(C)(C)C)cc1C(F)F. The number of nitrogens with zero attached hydrogens (tertiary/aromatic N) is 2. The van der Waals surface area contributed by atoms with E-state index in [2.05, 4.69) is 10.4 Å². The summed E-state index contributed by atoms with van der Waals surface area (Å²) in [4.78, 5) is 11.3. The molecule has 0 saturated heterocycles. The zero-order valence-electron chi connectivity index (χ0n) is 10.1. The fourth-order valence-electron chi connectivity index (χ4n) is 1.16. The van der Waals surface area contributed by atoms with Crippen LogP contribution in [0.5, 0.6) is 0 Å². The summed E-state index contributed by atoms with van der Waals surface area (Å²) in [5.41, 5.74) is -0.916. The Kier molecular flexibility index (Phi) is 3.69. The summed E-state index contributed by atoms with van der Waals surface area (Å²) in [5, 5.41) is 6.01. The van der Waals surface area contributed by atoms with E-state index < -0.39 is 18.1 Å². The lowest BCUT2D eigenvalue weighted by Crippen LogP contribution is -2.27. The monoisotopic (exact) mass is 247 g/mol. The number of aryl methyl sites for hydroxylation is 1. The molecule has 0 fully saturated rings. The van der Waals surface area contributed by atoms with Gasteiger partial charge in [-0.05, 0) is 20.8 Å². The lowest BCUT2D eigenvalue weighted by molar-refractivity contribution is 0.0635. The third-order valence-electron chi connectivity index (χ3n) is 1.77. The van der Waals surface area contributed by atoms with Gasteiger partial charge in [0.15, 0.2) is 5.82 Å². The van der Waals surface area contributed by atoms with E-state index in [1.807, 2.05) is 0 Å². The van der Waals surface area contributed by atoms with E-state index >= 15 is 0 Å². The first kappa shape index (κ1) is 13.4. The van der Waals surface area contributed by atoms with Gasteiger partial charge >= 0.3 is 6.09 Å². The van der Waals surface area contributed by atoms with Crippen molar-refractivity contribution in [3.05, 3.63) is 11.8 Å². The van der Waals surface area contributed by atoms with Crippen LogP contribution in [0.4, 0.5) is 19.4 Å². The van der Waals surface area contributed by atoms with E-state index in [0.717, 1.165) is 10.7 Å². The van der Waals surface area contributed by atoms with E-state index in [1.54, 1.807) is 20.8 Å². The molecular formula is C10H15F2N3O2. The Hall–Kier alpha value is -1.66. The summed E-state index contributed by atoms with van der Waals surface area (Å²) < 4.78 is 30.9. The maximum atomic E-state index is 12.4. The maximum Gasteiger partial charge on any atom is 0.413 e. The number of hydrogen-bond donors (Lipinski definition) is 1. The van der Waals surface area contributed by atoms with Crippen LogP contribution in [-0.4, -0.2) is 21.5 Å². The molecule has 1 amide bonds. The highest BCUT2D eigenvalue weighted by Gasteiger charge is 2.19. The van der Waals surface area contributed by atoms with E-state index in [0.29, 0.717) is 0 Å². The van der Waals surface area contributed by atoms with Gasteiger partial charge in [0.25, 0.3) is 6.43 Å². The highest BCUT2D eigenvalue weighted by molar-refractivity contribution is 5.83. The molecule has 1 heterocycles. The van der Waals surface area contributed by atoms with Crippen molar-refractivity contribution in [2.24, 2.45) is 7.05 Å². The van der Waals surface area contributed by atoms with Crippen LogP contribution in [-0.2, 0) is 11.8 Å². The highest BCUT2D eigenvalue weighted by atomic mass is 19.3. The van der Waals surface area contributed by atoms with Crippen LogP contribution >= 0.6 is 0 Å². The molecule has 1 aromatic rings. The summed E-state index contributed by atoms with van der Waals surface area (Å²) in [7, 11) is 1.38. The number of rotatable bonds is 2. The Morgan fingerprint density at radius 1 is 1.53 bits per heavy atom. The summed E-state index contributed by atoms with van der Waals surface area (Å²) in [6, 6.07) is 1.11. The topological polar surface area (TPSA) is 56.2 Å². The Morgan fingerprint density at radius 2 is 2.12 bits per heavy atom. The van der Waals surface area contributed by atoms with E-state index in [9.17, 15) is 13.6 Å². The van der Waals surface area contributed by atoms with Gasteiger partial charge in [-0.2, -0.15) is 5.10 Å². The summed E-state index contributed by atoms with van der Waals surface area (Å²) in [6.45, 7) is 5.11. The first-order valence-corrected chi connectivity index (χ1v) is 5.01. The number of ether oxygens (including phenoxy) is 1. The third kappa shape index (κ3) is 4.01. The van der Waals surface area contributed by atoms with Crippen LogP contribution in [0.2, 0.25) is 0 Å². The molecule has 0 aliphatic heterocycles. The van der Waals surface area contributed by atoms with Gasteiger partial charge in [-0.15, -0.1) is 0 Å². The zero-order chi connectivity index (χ0) is 13.2. The second-order valence-electron chi connectivity index (χ2n) is 4.51. The van der Waals surface area contributed by atoms with Gasteiger partial charge in [0.1, 0.15) is 11.3 Å². The van der Waals surface area contributed by atoms with Gasteiger partial charge in [0, 0.05) is 13.1 Å². The number of aromatic nitrogens is 2. The number of alkyl halides is 2. The largest absolute Gasteiger partial charge is 0.444 e. The van der Waals surface area contributed by atoms with Gasteiger partial charge in [0.2, 0.25) is 0 Å². The van der Waals surface area contributed by atoms with E-state index in [-0.39, 0.29) is 11.5 Å². The first-order valence-electron chi connectivity index (χ1n) is 5.01. The molecule has 0 saturated carbocycles. The van der Waals surface area contributed by atoms with Crippen molar-refractivity contribution in [2.45, 2.75) is 32.8 Å². The first-order chi connectivity index (χ1) is 7.69. The number of carbonyl (C=O) groups is 1. The molecule has 0 unspecified atom stereocenters. The van der Waals surface area contributed by atoms with Gasteiger partial charge in [-0.1, -0.05) is 0 Å². The molecule has 1 N–H and O–H groups in total. The molecular weight excluding hydrogens is 232 g/mol. The predicted octanol–water partition coefficient (Wildman–Crippen LogP) is 2.70. The molecule has 96 valence electrons. The second kappa shape index (κ2) is 4.68. The second-order valence-corrected chi connectivity index (χ2v) is 4.51. The van der Waals surface area contributed by atoms with Crippen molar-refractivity contribution in [2.75, 3.05) is 5.32 Å². The molecule has 7 heteroatoms. The molecule has 0 spiro atoms. The maximum absolute atomic E-state index is 12.4. The quantitative estimate of drug-likeness (QED) is 0.874. The van der Waals surface area contributed by atoms with Crippen LogP contribution in [0.15, 0.2) is 6.07 Å². The van der Waals surface area contributed by atoms with Crippen molar-refractivity contribution in [1.82, 2.24) is 9.78 Å². The van der Waals surface area contributed by atoms with Gasteiger partial charge in [-0.25, -0.2) is 13.6 Å². The number of carbonyl (C=O) groups excluding carboxylic acids is 1. The van der Waals surface area contributed by atoms with Crippen molar-refractivity contribution < 1.29 is 18.3 Å². The van der Waals surface area contributed by atoms with Gasteiger partial charge in [-0.3, -0.25) is 10.00 Å². The van der Waals surface area contributed by atoms with E-state index in [4.69, 9.17) is 4.74 Å². The number of amides is 1. The smallest absolute Gasteiger partial charge is 0.413 e. The molecule has 0 bridgehead atoms. The van der Waals surface area contributed by atoms with Crippen molar-refractivity contribution in [3.8, 4) is 0 Å². The Balaban J connectivity index is 2.70. The third-order valence-corrected chi connectivity index (χ3v) is 1.77. The summed E-state index contributed by atoms with van der Waals surface area (Å²) in [6.07, 6.45) is -3.36. The average Bonchev–Trinajstić information content (AvgIpc) is 2.42. The molecule has 5 nitrogen and oxygen atoms in total. The minimum absolute atomic E-state index is 0.0389. The zero-order valence-corrected chi connectivity index (χ0v) is 10.1. The molecule has 0 atom stereocenters. The molecule has 0 aliphatic carbocycles. The minimum Gasteiger partial charge on any atom is -0.444 e. The highest BCUT2D eigenvalue weighted by Crippen LogP contribution is 2.21. The van der Waals surface area contributed by atoms with Crippen LogP contribution in [0.1, 0.15) is 32.9 Å². The molecule has 0 aromatic carbocycles. The van der Waals surface area contributed by atoms with Crippen LogP contribution in [0.25, 0.3) is 0 Å².